The van der Waals surface area contributed by atoms with Gasteiger partial charge in [-0.1, -0.05) is 0 Å². The monoisotopic (exact) mass is 419 g/mol. The molecular formula is C14H12Br2FNO3. The zero-order chi connectivity index (χ0) is 15.7. The summed E-state index contributed by atoms with van der Waals surface area (Å²) in [6.07, 6.45) is 3.11. The summed E-state index contributed by atoms with van der Waals surface area (Å²) < 4.78 is 14.5. The highest BCUT2D eigenvalue weighted by atomic mass is 79.9. The van der Waals surface area contributed by atoms with Gasteiger partial charge in [0.15, 0.2) is 0 Å². The molecule has 112 valence electrons. The lowest BCUT2D eigenvalue weighted by Crippen LogP contribution is -2.19. The third kappa shape index (κ3) is 3.52. The molecule has 0 bridgehead atoms. The standard InChI is InChI=1S/C14H12Br2FNO3/c1-6-11(9(15)4-10(16)12(6)17)13(19)8(14(20)21)5-18-7-2-3-7/h4-5,7,18H,2-3H2,1H3,(H,20,21). The van der Waals surface area contributed by atoms with E-state index in [2.05, 4.69) is 37.2 Å². The maximum absolute atomic E-state index is 13.9. The van der Waals surface area contributed by atoms with Crippen molar-refractivity contribution in [2.24, 2.45) is 0 Å². The van der Waals surface area contributed by atoms with E-state index in [0.717, 1.165) is 12.8 Å². The quantitative estimate of drug-likeness (QED) is 0.251. The minimum Gasteiger partial charge on any atom is -0.477 e. The molecule has 2 rings (SSSR count). The SMILES string of the molecule is Cc1c(F)c(Br)cc(Br)c1C(=O)C(=CNC1CC1)C(=O)O. The van der Waals surface area contributed by atoms with Crippen molar-refractivity contribution in [3.63, 3.8) is 0 Å². The number of Topliss-reactive ketones (excluding diaryl/α,β-unsaturated/α-hetero) is 1. The van der Waals surface area contributed by atoms with Gasteiger partial charge in [-0.3, -0.25) is 4.79 Å². The van der Waals surface area contributed by atoms with Gasteiger partial charge in [0.1, 0.15) is 11.4 Å². The first-order chi connectivity index (χ1) is 9.82. The normalized spacial score (nSPS) is 15.0. The average Bonchev–Trinajstić information content (AvgIpc) is 3.20. The highest BCUT2D eigenvalue weighted by Gasteiger charge is 2.27. The Morgan fingerprint density at radius 1 is 1.38 bits per heavy atom. The summed E-state index contributed by atoms with van der Waals surface area (Å²) in [5, 5.41) is 12.1. The number of aliphatic carboxylic acids is 1. The second-order valence-corrected chi connectivity index (χ2v) is 6.50. The maximum atomic E-state index is 13.9. The highest BCUT2D eigenvalue weighted by Crippen LogP contribution is 2.31. The number of ketones is 1. The number of carboxylic acids is 1. The van der Waals surface area contributed by atoms with Crippen LogP contribution in [0.4, 0.5) is 4.39 Å². The van der Waals surface area contributed by atoms with Crippen molar-refractivity contribution >= 4 is 43.6 Å². The molecule has 0 heterocycles. The number of rotatable bonds is 5. The van der Waals surface area contributed by atoms with Gasteiger partial charge in [0, 0.05) is 22.3 Å². The summed E-state index contributed by atoms with van der Waals surface area (Å²) in [5.74, 6) is -2.66. The summed E-state index contributed by atoms with van der Waals surface area (Å²) in [4.78, 5) is 23.7. The number of carbonyl (C=O) groups is 2. The van der Waals surface area contributed by atoms with Gasteiger partial charge < -0.3 is 10.4 Å². The Kier molecular flexibility index (Phi) is 4.83. The van der Waals surface area contributed by atoms with E-state index in [9.17, 15) is 19.1 Å². The number of hydrogen-bond donors (Lipinski definition) is 2. The number of hydrogen-bond acceptors (Lipinski definition) is 3. The van der Waals surface area contributed by atoms with E-state index in [1.165, 1.54) is 19.2 Å². The van der Waals surface area contributed by atoms with Crippen LogP contribution in [0.5, 0.6) is 0 Å². The van der Waals surface area contributed by atoms with Crippen LogP contribution in [0, 0.1) is 12.7 Å². The first kappa shape index (κ1) is 16.2. The Morgan fingerprint density at radius 3 is 2.52 bits per heavy atom. The number of halogens is 3. The van der Waals surface area contributed by atoms with Gasteiger partial charge in [-0.2, -0.15) is 0 Å². The molecule has 0 saturated heterocycles. The van der Waals surface area contributed by atoms with E-state index in [1.54, 1.807) is 0 Å². The number of benzene rings is 1. The largest absolute Gasteiger partial charge is 0.477 e. The molecule has 1 aromatic carbocycles. The molecule has 0 unspecified atom stereocenters. The van der Waals surface area contributed by atoms with Crippen LogP contribution < -0.4 is 5.32 Å². The van der Waals surface area contributed by atoms with Crippen LogP contribution in [0.3, 0.4) is 0 Å². The molecule has 0 amide bonds. The summed E-state index contributed by atoms with van der Waals surface area (Å²) in [5.41, 5.74) is -0.297. The fourth-order valence-electron chi connectivity index (χ4n) is 1.80. The maximum Gasteiger partial charge on any atom is 0.341 e. The highest BCUT2D eigenvalue weighted by molar-refractivity contribution is 9.11. The van der Waals surface area contributed by atoms with Gasteiger partial charge in [-0.25, -0.2) is 9.18 Å². The molecule has 1 aromatic rings. The van der Waals surface area contributed by atoms with Crippen LogP contribution in [-0.4, -0.2) is 22.9 Å². The van der Waals surface area contributed by atoms with Crippen molar-refractivity contribution in [3.8, 4) is 0 Å². The average molecular weight is 421 g/mol. The molecule has 1 aliphatic carbocycles. The van der Waals surface area contributed by atoms with Crippen molar-refractivity contribution in [3.05, 3.63) is 43.7 Å². The van der Waals surface area contributed by atoms with E-state index in [-0.39, 0.29) is 21.6 Å². The molecule has 0 aliphatic heterocycles. The van der Waals surface area contributed by atoms with Gasteiger partial charge in [-0.05, 0) is 63.3 Å². The lowest BCUT2D eigenvalue weighted by Gasteiger charge is -2.11. The summed E-state index contributed by atoms with van der Waals surface area (Å²) in [7, 11) is 0. The Morgan fingerprint density at radius 2 is 2.00 bits per heavy atom. The van der Waals surface area contributed by atoms with Crippen LogP contribution in [0.1, 0.15) is 28.8 Å². The fourth-order valence-corrected chi connectivity index (χ4v) is 3.34. The topological polar surface area (TPSA) is 66.4 Å². The molecule has 1 saturated carbocycles. The van der Waals surface area contributed by atoms with Crippen LogP contribution in [0.25, 0.3) is 0 Å². The molecule has 1 fully saturated rings. The lowest BCUT2D eigenvalue weighted by atomic mass is 9.99. The Bertz CT molecular complexity index is 654. The minimum absolute atomic E-state index is 0.0157. The third-order valence-electron chi connectivity index (χ3n) is 3.15. The number of carboxylic acid groups (broad SMARTS) is 1. The van der Waals surface area contributed by atoms with Crippen LogP contribution >= 0.6 is 31.9 Å². The smallest absolute Gasteiger partial charge is 0.341 e. The first-order valence-corrected chi connectivity index (χ1v) is 7.79. The van der Waals surface area contributed by atoms with E-state index in [1.807, 2.05) is 0 Å². The van der Waals surface area contributed by atoms with Crippen molar-refractivity contribution < 1.29 is 19.1 Å². The summed E-state index contributed by atoms with van der Waals surface area (Å²) in [6, 6.07) is 1.61. The predicted octanol–water partition coefficient (Wildman–Crippen LogP) is 3.56. The molecule has 1 aliphatic rings. The molecule has 0 aromatic heterocycles. The van der Waals surface area contributed by atoms with Gasteiger partial charge in [0.2, 0.25) is 5.78 Å². The Balaban J connectivity index is 2.43. The molecule has 0 atom stereocenters. The molecule has 7 heteroatoms. The van der Waals surface area contributed by atoms with Gasteiger partial charge in [-0.15, -0.1) is 0 Å². The van der Waals surface area contributed by atoms with Crippen molar-refractivity contribution in [1.29, 1.82) is 0 Å². The van der Waals surface area contributed by atoms with E-state index >= 15 is 0 Å². The fraction of sp³-hybridized carbons (Fsp3) is 0.286. The van der Waals surface area contributed by atoms with Crippen molar-refractivity contribution in [2.45, 2.75) is 25.8 Å². The van der Waals surface area contributed by atoms with E-state index in [0.29, 0.717) is 4.47 Å². The predicted molar refractivity (Wildman–Crippen MR) is 82.7 cm³/mol. The lowest BCUT2D eigenvalue weighted by molar-refractivity contribution is -0.132. The van der Waals surface area contributed by atoms with Gasteiger partial charge in [0.05, 0.1) is 4.47 Å². The summed E-state index contributed by atoms with van der Waals surface area (Å²) in [6.45, 7) is 1.44. The molecular weight excluding hydrogens is 409 g/mol. The second-order valence-electron chi connectivity index (χ2n) is 4.79. The van der Waals surface area contributed by atoms with Gasteiger partial charge in [0.25, 0.3) is 0 Å². The Hall–Kier alpha value is -1.21. The molecule has 21 heavy (non-hydrogen) atoms. The van der Waals surface area contributed by atoms with Gasteiger partial charge >= 0.3 is 5.97 Å². The zero-order valence-electron chi connectivity index (χ0n) is 11.0. The third-order valence-corrected chi connectivity index (χ3v) is 4.35. The minimum atomic E-state index is -1.34. The van der Waals surface area contributed by atoms with Crippen LogP contribution in [-0.2, 0) is 4.79 Å². The second kappa shape index (κ2) is 6.27. The van der Waals surface area contributed by atoms with E-state index in [4.69, 9.17) is 0 Å². The first-order valence-electron chi connectivity index (χ1n) is 6.21. The van der Waals surface area contributed by atoms with Crippen LogP contribution in [0.2, 0.25) is 0 Å². The molecule has 0 spiro atoms. The van der Waals surface area contributed by atoms with E-state index < -0.39 is 23.1 Å². The zero-order valence-corrected chi connectivity index (χ0v) is 14.2. The van der Waals surface area contributed by atoms with Crippen molar-refractivity contribution in [1.82, 2.24) is 5.32 Å². The van der Waals surface area contributed by atoms with Crippen LogP contribution in [0.15, 0.2) is 26.8 Å². The number of nitrogens with one attached hydrogen (secondary N) is 1. The Labute approximate surface area is 137 Å². The summed E-state index contributed by atoms with van der Waals surface area (Å²) >= 11 is 6.23. The van der Waals surface area contributed by atoms with Crippen molar-refractivity contribution in [2.75, 3.05) is 0 Å². The molecule has 4 nitrogen and oxygen atoms in total. The number of carbonyl (C=O) groups excluding carboxylic acids is 1. The molecule has 2 N–H and O–H groups in total. The molecule has 0 radical (unpaired) electrons.